The van der Waals surface area contributed by atoms with E-state index in [9.17, 15) is 4.79 Å². The summed E-state index contributed by atoms with van der Waals surface area (Å²) in [7, 11) is 0. The van der Waals surface area contributed by atoms with Crippen molar-refractivity contribution < 1.29 is 14.3 Å². The van der Waals surface area contributed by atoms with E-state index in [1.54, 1.807) is 6.20 Å². The molecule has 6 heteroatoms. The van der Waals surface area contributed by atoms with E-state index in [0.29, 0.717) is 37.9 Å². The topological polar surface area (TPSA) is 54.9 Å². The zero-order valence-corrected chi connectivity index (χ0v) is 16.1. The van der Waals surface area contributed by atoms with Crippen molar-refractivity contribution in [2.45, 2.75) is 38.0 Å². The second kappa shape index (κ2) is 6.87. The van der Waals surface area contributed by atoms with Crippen molar-refractivity contribution in [3.05, 3.63) is 53.7 Å². The van der Waals surface area contributed by atoms with Gasteiger partial charge in [-0.3, -0.25) is 4.79 Å². The molecular formula is C22H25N3O3. The Morgan fingerprint density at radius 1 is 1.11 bits per heavy atom. The molecule has 4 heterocycles. The monoisotopic (exact) mass is 379 g/mol. The number of fused-ring (bicyclic) bond motifs is 1. The lowest BCUT2D eigenvalue weighted by Crippen LogP contribution is -2.47. The normalized spacial score (nSPS) is 23.2. The highest BCUT2D eigenvalue weighted by Gasteiger charge is 2.41. The SMILES string of the molecule is CC1Cc2ccccc2N1c1ccc(C(=O)N2CCC3(CC2)OCCO3)cn1. The summed E-state index contributed by atoms with van der Waals surface area (Å²) in [5.41, 5.74) is 3.18. The molecule has 6 nitrogen and oxygen atoms in total. The molecule has 146 valence electrons. The third-order valence-corrected chi connectivity index (χ3v) is 6.07. The molecule has 2 aromatic rings. The Kier molecular flexibility index (Phi) is 4.33. The Bertz CT molecular complexity index is 867. The summed E-state index contributed by atoms with van der Waals surface area (Å²) in [5.74, 6) is 0.458. The van der Waals surface area contributed by atoms with Crippen LogP contribution in [0.5, 0.6) is 0 Å². The highest BCUT2D eigenvalue weighted by atomic mass is 16.7. The van der Waals surface area contributed by atoms with Gasteiger partial charge in [0, 0.05) is 43.9 Å². The maximum Gasteiger partial charge on any atom is 0.255 e. The third-order valence-electron chi connectivity index (χ3n) is 6.07. The van der Waals surface area contributed by atoms with Crippen LogP contribution >= 0.6 is 0 Å². The van der Waals surface area contributed by atoms with Crippen LogP contribution in [0.3, 0.4) is 0 Å². The first-order valence-electron chi connectivity index (χ1n) is 10.1. The molecule has 2 fully saturated rings. The Balaban J connectivity index is 1.30. The van der Waals surface area contributed by atoms with Gasteiger partial charge in [-0.15, -0.1) is 0 Å². The largest absolute Gasteiger partial charge is 0.347 e. The molecule has 3 aliphatic rings. The minimum absolute atomic E-state index is 0.0294. The van der Waals surface area contributed by atoms with Gasteiger partial charge in [-0.1, -0.05) is 18.2 Å². The van der Waals surface area contributed by atoms with E-state index < -0.39 is 5.79 Å². The number of anilines is 2. The third kappa shape index (κ3) is 2.97. The molecule has 1 spiro atoms. The smallest absolute Gasteiger partial charge is 0.255 e. The summed E-state index contributed by atoms with van der Waals surface area (Å²) in [6.07, 6.45) is 4.18. The summed E-state index contributed by atoms with van der Waals surface area (Å²) in [5, 5.41) is 0. The number of amides is 1. The minimum Gasteiger partial charge on any atom is -0.347 e. The summed E-state index contributed by atoms with van der Waals surface area (Å²) in [6, 6.07) is 12.7. The van der Waals surface area contributed by atoms with Crippen LogP contribution in [0.4, 0.5) is 11.5 Å². The second-order valence-corrected chi connectivity index (χ2v) is 7.86. The molecule has 1 aromatic heterocycles. The lowest BCUT2D eigenvalue weighted by Gasteiger charge is -2.37. The number of piperidine rings is 1. The molecule has 1 atom stereocenters. The highest BCUT2D eigenvalue weighted by Crippen LogP contribution is 2.37. The fraction of sp³-hybridized carbons (Fsp3) is 0.455. The second-order valence-electron chi connectivity index (χ2n) is 7.86. The maximum absolute atomic E-state index is 12.9. The van der Waals surface area contributed by atoms with E-state index in [-0.39, 0.29) is 5.91 Å². The molecule has 0 bridgehead atoms. The number of benzene rings is 1. The average Bonchev–Trinajstić information content (AvgIpc) is 3.32. The first-order valence-corrected chi connectivity index (χ1v) is 10.1. The van der Waals surface area contributed by atoms with Crippen LogP contribution in [0, 0.1) is 0 Å². The fourth-order valence-corrected chi connectivity index (χ4v) is 4.59. The summed E-state index contributed by atoms with van der Waals surface area (Å²) >= 11 is 0. The molecule has 0 saturated carbocycles. The molecular weight excluding hydrogens is 354 g/mol. The number of rotatable bonds is 2. The van der Waals surface area contributed by atoms with Crippen LogP contribution in [-0.2, 0) is 15.9 Å². The molecule has 28 heavy (non-hydrogen) atoms. The van der Waals surface area contributed by atoms with Gasteiger partial charge >= 0.3 is 0 Å². The van der Waals surface area contributed by atoms with Crippen molar-refractivity contribution in [3.8, 4) is 0 Å². The highest BCUT2D eigenvalue weighted by molar-refractivity contribution is 5.94. The molecule has 1 unspecified atom stereocenters. The van der Waals surface area contributed by atoms with E-state index in [2.05, 4.69) is 41.1 Å². The Morgan fingerprint density at radius 2 is 1.86 bits per heavy atom. The predicted molar refractivity (Wildman–Crippen MR) is 106 cm³/mol. The number of carbonyl (C=O) groups excluding carboxylic acids is 1. The maximum atomic E-state index is 12.9. The van der Waals surface area contributed by atoms with Crippen molar-refractivity contribution in [3.63, 3.8) is 0 Å². The van der Waals surface area contributed by atoms with Crippen LogP contribution in [0.15, 0.2) is 42.6 Å². The summed E-state index contributed by atoms with van der Waals surface area (Å²) < 4.78 is 11.5. The van der Waals surface area contributed by atoms with Gasteiger partial charge in [0.25, 0.3) is 5.91 Å². The number of carbonyl (C=O) groups is 1. The Labute approximate surface area is 165 Å². The van der Waals surface area contributed by atoms with Gasteiger partial charge < -0.3 is 19.3 Å². The number of hydrogen-bond donors (Lipinski definition) is 0. The molecule has 2 saturated heterocycles. The van der Waals surface area contributed by atoms with Crippen LogP contribution in [0.2, 0.25) is 0 Å². The van der Waals surface area contributed by atoms with E-state index in [1.165, 1.54) is 11.3 Å². The number of para-hydroxylation sites is 1. The number of ether oxygens (including phenoxy) is 2. The van der Waals surface area contributed by atoms with Gasteiger partial charge in [0.2, 0.25) is 0 Å². The summed E-state index contributed by atoms with van der Waals surface area (Å²) in [4.78, 5) is 21.6. The zero-order chi connectivity index (χ0) is 19.1. The first kappa shape index (κ1) is 17.6. The van der Waals surface area contributed by atoms with Crippen molar-refractivity contribution >= 4 is 17.4 Å². The van der Waals surface area contributed by atoms with Crippen LogP contribution in [-0.4, -0.2) is 53.9 Å². The number of pyridine rings is 1. The predicted octanol–water partition coefficient (Wildman–Crippen LogP) is 3.14. The van der Waals surface area contributed by atoms with Gasteiger partial charge in [-0.05, 0) is 37.1 Å². The number of likely N-dealkylation sites (tertiary alicyclic amines) is 1. The molecule has 5 rings (SSSR count). The lowest BCUT2D eigenvalue weighted by atomic mass is 10.0. The fourth-order valence-electron chi connectivity index (χ4n) is 4.59. The van der Waals surface area contributed by atoms with E-state index in [0.717, 1.165) is 25.1 Å². The zero-order valence-electron chi connectivity index (χ0n) is 16.1. The molecule has 1 amide bonds. The minimum atomic E-state index is -0.460. The average molecular weight is 379 g/mol. The van der Waals surface area contributed by atoms with Crippen LogP contribution < -0.4 is 4.90 Å². The van der Waals surface area contributed by atoms with E-state index in [1.807, 2.05) is 17.0 Å². The molecule has 1 aromatic carbocycles. The quantitative estimate of drug-likeness (QED) is 0.802. The van der Waals surface area contributed by atoms with E-state index >= 15 is 0 Å². The van der Waals surface area contributed by atoms with Gasteiger partial charge in [0.05, 0.1) is 18.8 Å². The number of hydrogen-bond acceptors (Lipinski definition) is 5. The van der Waals surface area contributed by atoms with Gasteiger partial charge in [0.1, 0.15) is 5.82 Å². The van der Waals surface area contributed by atoms with Crippen LogP contribution in [0.1, 0.15) is 35.7 Å². The summed E-state index contributed by atoms with van der Waals surface area (Å²) in [6.45, 7) is 4.81. The standard InChI is InChI=1S/C22H25N3O3/c1-16-14-17-4-2-3-5-19(17)25(16)20-7-6-18(15-23-20)21(26)24-10-8-22(9-11-24)27-12-13-28-22/h2-7,15-16H,8-14H2,1H3. The van der Waals surface area contributed by atoms with Crippen molar-refractivity contribution in [1.82, 2.24) is 9.88 Å². The lowest BCUT2D eigenvalue weighted by molar-refractivity contribution is -0.181. The molecule has 0 radical (unpaired) electrons. The Hall–Kier alpha value is -2.44. The van der Waals surface area contributed by atoms with E-state index in [4.69, 9.17) is 9.47 Å². The first-order chi connectivity index (χ1) is 13.7. The van der Waals surface area contributed by atoms with Gasteiger partial charge in [0.15, 0.2) is 5.79 Å². The Morgan fingerprint density at radius 3 is 2.57 bits per heavy atom. The number of nitrogens with zero attached hydrogens (tertiary/aromatic N) is 3. The number of aromatic nitrogens is 1. The van der Waals surface area contributed by atoms with Gasteiger partial charge in [-0.25, -0.2) is 4.98 Å². The molecule has 0 N–H and O–H groups in total. The molecule has 3 aliphatic heterocycles. The van der Waals surface area contributed by atoms with Crippen molar-refractivity contribution in [2.24, 2.45) is 0 Å². The van der Waals surface area contributed by atoms with Crippen molar-refractivity contribution in [1.29, 1.82) is 0 Å². The molecule has 0 aliphatic carbocycles. The van der Waals surface area contributed by atoms with Crippen LogP contribution in [0.25, 0.3) is 0 Å². The van der Waals surface area contributed by atoms with Crippen molar-refractivity contribution in [2.75, 3.05) is 31.2 Å². The van der Waals surface area contributed by atoms with Gasteiger partial charge in [-0.2, -0.15) is 0 Å².